The molecule has 0 unspecified atom stereocenters. The lowest BCUT2D eigenvalue weighted by atomic mass is 10.6. The molecule has 6 heteroatoms. The SMILES string of the molecule is Cn1nnc(CNCCI)n1. The van der Waals surface area contributed by atoms with Crippen LogP contribution in [0, 0.1) is 0 Å². The molecule has 1 heterocycles. The van der Waals surface area contributed by atoms with E-state index in [9.17, 15) is 0 Å². The Labute approximate surface area is 78.7 Å². The summed E-state index contributed by atoms with van der Waals surface area (Å²) in [5.74, 6) is 0.748. The molecule has 0 aromatic carbocycles. The molecule has 0 saturated heterocycles. The fourth-order valence-electron chi connectivity index (χ4n) is 0.661. The van der Waals surface area contributed by atoms with Gasteiger partial charge in [-0.3, -0.25) is 0 Å². The van der Waals surface area contributed by atoms with Gasteiger partial charge < -0.3 is 5.32 Å². The topological polar surface area (TPSA) is 55.6 Å². The van der Waals surface area contributed by atoms with Crippen molar-refractivity contribution in [2.75, 3.05) is 11.0 Å². The first-order valence-electron chi connectivity index (χ1n) is 3.32. The number of hydrogen-bond donors (Lipinski definition) is 1. The average molecular weight is 267 g/mol. The van der Waals surface area contributed by atoms with Crippen molar-refractivity contribution in [1.82, 2.24) is 25.5 Å². The number of alkyl halides is 1. The molecule has 0 aliphatic heterocycles. The number of halogens is 1. The van der Waals surface area contributed by atoms with Crippen molar-refractivity contribution in [1.29, 1.82) is 0 Å². The average Bonchev–Trinajstić information content (AvgIpc) is 2.37. The van der Waals surface area contributed by atoms with Crippen LogP contribution in [0.2, 0.25) is 0 Å². The van der Waals surface area contributed by atoms with E-state index in [0.717, 1.165) is 16.8 Å². The molecule has 1 rings (SSSR count). The predicted octanol–water partition coefficient (Wildman–Crippen LogP) is -0.265. The molecule has 0 fully saturated rings. The summed E-state index contributed by atoms with van der Waals surface area (Å²) in [5, 5.41) is 14.7. The van der Waals surface area contributed by atoms with Crippen LogP contribution in [0.1, 0.15) is 5.82 Å². The summed E-state index contributed by atoms with van der Waals surface area (Å²) < 4.78 is 1.10. The molecule has 0 aliphatic rings. The number of nitrogens with one attached hydrogen (secondary N) is 1. The van der Waals surface area contributed by atoms with Gasteiger partial charge >= 0.3 is 0 Å². The number of aromatic nitrogens is 4. The van der Waals surface area contributed by atoms with Gasteiger partial charge in [0.15, 0.2) is 5.82 Å². The minimum atomic E-state index is 0.705. The molecule has 62 valence electrons. The molecule has 0 radical (unpaired) electrons. The van der Waals surface area contributed by atoms with Crippen LogP contribution in [-0.4, -0.2) is 31.2 Å². The molecule has 0 bridgehead atoms. The highest BCUT2D eigenvalue weighted by Crippen LogP contribution is 1.83. The summed E-state index contributed by atoms with van der Waals surface area (Å²) in [6.45, 7) is 1.69. The lowest BCUT2D eigenvalue weighted by Gasteiger charge is -1.94. The van der Waals surface area contributed by atoms with Crippen molar-refractivity contribution in [2.24, 2.45) is 7.05 Å². The van der Waals surface area contributed by atoms with Crippen molar-refractivity contribution in [3.05, 3.63) is 5.82 Å². The summed E-state index contributed by atoms with van der Waals surface area (Å²) in [6.07, 6.45) is 0. The second kappa shape index (κ2) is 4.60. The minimum Gasteiger partial charge on any atom is -0.309 e. The molecular formula is C5H10IN5. The van der Waals surface area contributed by atoms with Crippen LogP contribution >= 0.6 is 22.6 Å². The fraction of sp³-hybridized carbons (Fsp3) is 0.800. The highest BCUT2D eigenvalue weighted by atomic mass is 127. The zero-order valence-corrected chi connectivity index (χ0v) is 8.45. The Morgan fingerprint density at radius 3 is 3.00 bits per heavy atom. The van der Waals surface area contributed by atoms with Gasteiger partial charge in [-0.2, -0.15) is 4.80 Å². The maximum atomic E-state index is 4.01. The maximum absolute atomic E-state index is 4.01. The number of aryl methyl sites for hydroxylation is 1. The van der Waals surface area contributed by atoms with Crippen LogP contribution in [0.5, 0.6) is 0 Å². The number of hydrogen-bond acceptors (Lipinski definition) is 4. The Balaban J connectivity index is 2.27. The van der Waals surface area contributed by atoms with Crippen molar-refractivity contribution < 1.29 is 0 Å². The smallest absolute Gasteiger partial charge is 0.188 e. The molecular weight excluding hydrogens is 257 g/mol. The quantitative estimate of drug-likeness (QED) is 0.463. The zero-order chi connectivity index (χ0) is 8.10. The van der Waals surface area contributed by atoms with Crippen molar-refractivity contribution in [3.8, 4) is 0 Å². The molecule has 11 heavy (non-hydrogen) atoms. The van der Waals surface area contributed by atoms with Crippen molar-refractivity contribution in [3.63, 3.8) is 0 Å². The van der Waals surface area contributed by atoms with Crippen LogP contribution in [0.15, 0.2) is 0 Å². The third-order valence-corrected chi connectivity index (χ3v) is 1.64. The second-order valence-corrected chi connectivity index (χ2v) is 3.14. The lowest BCUT2D eigenvalue weighted by molar-refractivity contribution is 0.623. The van der Waals surface area contributed by atoms with E-state index >= 15 is 0 Å². The third-order valence-electron chi connectivity index (χ3n) is 1.10. The molecule has 0 aliphatic carbocycles. The first-order chi connectivity index (χ1) is 5.33. The van der Waals surface area contributed by atoms with E-state index in [0.29, 0.717) is 6.54 Å². The van der Waals surface area contributed by atoms with Crippen LogP contribution in [0.25, 0.3) is 0 Å². The Kier molecular flexibility index (Phi) is 3.70. The van der Waals surface area contributed by atoms with E-state index in [1.165, 1.54) is 4.80 Å². The molecule has 1 aromatic rings. The molecule has 5 nitrogen and oxygen atoms in total. The Morgan fingerprint density at radius 1 is 1.64 bits per heavy atom. The minimum absolute atomic E-state index is 0.705. The largest absolute Gasteiger partial charge is 0.309 e. The number of nitrogens with zero attached hydrogens (tertiary/aromatic N) is 4. The van der Waals surface area contributed by atoms with Crippen LogP contribution in [-0.2, 0) is 13.6 Å². The van der Waals surface area contributed by atoms with Crippen molar-refractivity contribution in [2.45, 2.75) is 6.54 Å². The first kappa shape index (κ1) is 8.85. The fourth-order valence-corrected chi connectivity index (χ4v) is 1.04. The highest BCUT2D eigenvalue weighted by molar-refractivity contribution is 14.1. The van der Waals surface area contributed by atoms with E-state index in [4.69, 9.17) is 0 Å². The summed E-state index contributed by atoms with van der Waals surface area (Å²) >= 11 is 2.31. The predicted molar refractivity (Wildman–Crippen MR) is 49.4 cm³/mol. The van der Waals surface area contributed by atoms with Crippen LogP contribution in [0.4, 0.5) is 0 Å². The molecule has 1 N–H and O–H groups in total. The van der Waals surface area contributed by atoms with Gasteiger partial charge in [0.1, 0.15) is 0 Å². The van der Waals surface area contributed by atoms with Gasteiger partial charge in [0.25, 0.3) is 0 Å². The van der Waals surface area contributed by atoms with Gasteiger partial charge in [-0.1, -0.05) is 22.6 Å². The van der Waals surface area contributed by atoms with Gasteiger partial charge in [-0.25, -0.2) is 0 Å². The summed E-state index contributed by atoms with van der Waals surface area (Å²) in [6, 6.07) is 0. The number of tetrazole rings is 1. The molecule has 0 spiro atoms. The Hall–Kier alpha value is -0.240. The maximum Gasteiger partial charge on any atom is 0.188 e. The lowest BCUT2D eigenvalue weighted by Crippen LogP contribution is -2.16. The van der Waals surface area contributed by atoms with Crippen LogP contribution < -0.4 is 5.32 Å². The van der Waals surface area contributed by atoms with E-state index < -0.39 is 0 Å². The Bertz CT molecular complexity index is 210. The van der Waals surface area contributed by atoms with E-state index in [1.54, 1.807) is 7.05 Å². The normalized spacial score (nSPS) is 10.4. The van der Waals surface area contributed by atoms with Gasteiger partial charge in [0.2, 0.25) is 0 Å². The van der Waals surface area contributed by atoms with Gasteiger partial charge in [-0.15, -0.1) is 10.2 Å². The zero-order valence-electron chi connectivity index (χ0n) is 6.29. The van der Waals surface area contributed by atoms with E-state index in [1.807, 2.05) is 0 Å². The third kappa shape index (κ3) is 3.10. The van der Waals surface area contributed by atoms with E-state index in [2.05, 4.69) is 43.3 Å². The standard InChI is InChI=1S/C5H10IN5/c1-11-9-5(8-10-11)4-7-3-2-6/h7H,2-4H2,1H3. The molecule has 0 atom stereocenters. The van der Waals surface area contributed by atoms with Gasteiger partial charge in [0, 0.05) is 11.0 Å². The van der Waals surface area contributed by atoms with E-state index in [-0.39, 0.29) is 0 Å². The van der Waals surface area contributed by atoms with Crippen LogP contribution in [0.3, 0.4) is 0 Å². The van der Waals surface area contributed by atoms with Gasteiger partial charge in [0.05, 0.1) is 13.6 Å². The molecule has 0 saturated carbocycles. The Morgan fingerprint density at radius 2 is 2.45 bits per heavy atom. The first-order valence-corrected chi connectivity index (χ1v) is 4.85. The molecule has 0 amide bonds. The summed E-state index contributed by atoms with van der Waals surface area (Å²) in [5.41, 5.74) is 0. The van der Waals surface area contributed by atoms with Gasteiger partial charge in [-0.05, 0) is 5.21 Å². The molecule has 1 aromatic heterocycles. The summed E-state index contributed by atoms with van der Waals surface area (Å²) in [4.78, 5) is 1.46. The monoisotopic (exact) mass is 267 g/mol. The second-order valence-electron chi connectivity index (χ2n) is 2.06. The van der Waals surface area contributed by atoms with Crippen molar-refractivity contribution >= 4 is 22.6 Å². The number of rotatable bonds is 4. The summed E-state index contributed by atoms with van der Waals surface area (Å²) in [7, 11) is 1.76. The highest BCUT2D eigenvalue weighted by Gasteiger charge is 1.97.